The maximum Gasteiger partial charge on any atom is 0.281 e. The third-order valence-corrected chi connectivity index (χ3v) is 6.04. The van der Waals surface area contributed by atoms with Crippen LogP contribution in [-0.2, 0) is 16.8 Å². The lowest BCUT2D eigenvalue weighted by atomic mass is 9.63. The number of aromatic nitrogens is 2. The summed E-state index contributed by atoms with van der Waals surface area (Å²) >= 11 is 0. The van der Waals surface area contributed by atoms with Crippen LogP contribution in [0.3, 0.4) is 0 Å². The first-order valence-corrected chi connectivity index (χ1v) is 10.9. The van der Waals surface area contributed by atoms with E-state index in [2.05, 4.69) is 26.8 Å². The van der Waals surface area contributed by atoms with Gasteiger partial charge < -0.3 is 16.4 Å². The number of nitrogens with two attached hydrogens (primary N) is 2. The van der Waals surface area contributed by atoms with Crippen LogP contribution in [0.4, 0.5) is 0 Å². The fourth-order valence-electron chi connectivity index (χ4n) is 3.67. The van der Waals surface area contributed by atoms with Crippen LogP contribution < -0.4 is 11.5 Å². The van der Waals surface area contributed by atoms with Gasteiger partial charge in [0.15, 0.2) is 0 Å². The lowest BCUT2D eigenvalue weighted by molar-refractivity contribution is -0.129. The van der Waals surface area contributed by atoms with Gasteiger partial charge in [0.25, 0.3) is 5.91 Å². The van der Waals surface area contributed by atoms with Crippen LogP contribution in [-0.4, -0.2) is 59.1 Å². The smallest absolute Gasteiger partial charge is 0.281 e. The summed E-state index contributed by atoms with van der Waals surface area (Å²) in [5, 5.41) is 4.09. The van der Waals surface area contributed by atoms with Crippen molar-refractivity contribution < 1.29 is 9.59 Å². The van der Waals surface area contributed by atoms with Crippen LogP contribution in [0.15, 0.2) is 57.8 Å². The topological polar surface area (TPSA) is 144 Å². The van der Waals surface area contributed by atoms with Gasteiger partial charge in [-0.25, -0.2) is 9.98 Å². The summed E-state index contributed by atoms with van der Waals surface area (Å²) in [7, 11) is 3.32. The van der Waals surface area contributed by atoms with E-state index in [0.29, 0.717) is 0 Å². The van der Waals surface area contributed by atoms with Crippen molar-refractivity contribution in [2.45, 2.75) is 38.1 Å². The number of carbonyl (C=O) groups is 2. The molecule has 0 bridgehead atoms. The molecular formula is C24H30N8O2. The highest BCUT2D eigenvalue weighted by molar-refractivity contribution is 6.06. The van der Waals surface area contributed by atoms with E-state index in [1.165, 1.54) is 22.0 Å². The van der Waals surface area contributed by atoms with Gasteiger partial charge in [-0.05, 0) is 43.2 Å². The van der Waals surface area contributed by atoms with Crippen LogP contribution in [0.5, 0.6) is 0 Å². The Morgan fingerprint density at radius 2 is 1.88 bits per heavy atom. The van der Waals surface area contributed by atoms with Gasteiger partial charge in [0.2, 0.25) is 11.9 Å². The molecular weight excluding hydrogens is 432 g/mol. The highest BCUT2D eigenvalue weighted by Crippen LogP contribution is 2.44. The van der Waals surface area contributed by atoms with Crippen LogP contribution in [0.25, 0.3) is 5.57 Å². The zero-order chi connectivity index (χ0) is 24.9. The minimum absolute atomic E-state index is 0.0473. The Morgan fingerprint density at radius 1 is 1.21 bits per heavy atom. The highest BCUT2D eigenvalue weighted by Gasteiger charge is 2.42. The number of amides is 2. The normalized spacial score (nSPS) is 16.0. The molecule has 0 saturated heterocycles. The maximum atomic E-state index is 12.7. The second-order valence-corrected chi connectivity index (χ2v) is 8.49. The third kappa shape index (κ3) is 5.28. The van der Waals surface area contributed by atoms with E-state index in [1.807, 2.05) is 31.2 Å². The molecule has 1 aliphatic carbocycles. The summed E-state index contributed by atoms with van der Waals surface area (Å²) in [5.41, 5.74) is 14.7. The molecule has 1 heterocycles. The molecule has 34 heavy (non-hydrogen) atoms. The number of rotatable bonds is 7. The van der Waals surface area contributed by atoms with Crippen molar-refractivity contribution in [1.29, 1.82) is 0 Å². The Kier molecular flexibility index (Phi) is 7.40. The van der Waals surface area contributed by atoms with E-state index in [0.717, 1.165) is 36.0 Å². The second kappa shape index (κ2) is 10.2. The van der Waals surface area contributed by atoms with Crippen LogP contribution >= 0.6 is 0 Å². The number of allylic oxidation sites excluding steroid dienone is 1. The molecule has 0 radical (unpaired) electrons. The maximum absolute atomic E-state index is 12.7. The van der Waals surface area contributed by atoms with Gasteiger partial charge in [0.05, 0.1) is 17.2 Å². The van der Waals surface area contributed by atoms with Crippen molar-refractivity contribution in [2.24, 2.45) is 26.4 Å². The average molecular weight is 463 g/mol. The quantitative estimate of drug-likeness (QED) is 0.477. The van der Waals surface area contributed by atoms with Gasteiger partial charge >= 0.3 is 0 Å². The fraction of sp³-hybridized carbons (Fsp3) is 0.333. The largest absolute Gasteiger partial charge is 0.386 e. The molecule has 1 fully saturated rings. The summed E-state index contributed by atoms with van der Waals surface area (Å²) in [6, 6.07) is 7.97. The number of benzene rings is 1. The number of nitrogens with zero attached hydrogens (tertiary/aromatic N) is 6. The number of aliphatic imine (C=N–C) groups is 3. The van der Waals surface area contributed by atoms with E-state index in [9.17, 15) is 9.59 Å². The number of hydrogen-bond donors (Lipinski definition) is 2. The van der Waals surface area contributed by atoms with Crippen molar-refractivity contribution in [2.75, 3.05) is 14.1 Å². The number of likely N-dealkylation sites (N-methyl/N-ethyl adjacent to an activating group) is 1. The van der Waals surface area contributed by atoms with E-state index >= 15 is 0 Å². The first-order chi connectivity index (χ1) is 16.2. The number of guanidine groups is 1. The Hall–Kier alpha value is -4.08. The summed E-state index contributed by atoms with van der Waals surface area (Å²) < 4.78 is 1.41. The number of amidine groups is 1. The van der Waals surface area contributed by atoms with Gasteiger partial charge in [-0.1, -0.05) is 30.7 Å². The highest BCUT2D eigenvalue weighted by atomic mass is 16.2. The molecule has 2 amide bonds. The summed E-state index contributed by atoms with van der Waals surface area (Å²) in [5.74, 6) is -0.211. The van der Waals surface area contributed by atoms with Crippen LogP contribution in [0.1, 0.15) is 47.7 Å². The van der Waals surface area contributed by atoms with Crippen LogP contribution in [0.2, 0.25) is 0 Å². The molecule has 0 aliphatic heterocycles. The van der Waals surface area contributed by atoms with Crippen molar-refractivity contribution in [3.63, 3.8) is 0 Å². The fourth-order valence-corrected chi connectivity index (χ4v) is 3.67. The summed E-state index contributed by atoms with van der Waals surface area (Å²) in [4.78, 5) is 37.9. The van der Waals surface area contributed by atoms with E-state index in [1.54, 1.807) is 20.3 Å². The molecule has 0 atom stereocenters. The molecule has 0 unspecified atom stereocenters. The zero-order valence-corrected chi connectivity index (χ0v) is 19.7. The first kappa shape index (κ1) is 24.6. The standard InChI is InChI=1S/C24H30N8O2/c1-16(12-28-23(26)27-2)17-6-8-19(9-7-17)24(10-5-11-24)22(25)30-21(34)18-13-29-32(14-18)15-20(33)31(3)4/h6-9,12-14H,2,5,10-11,15H2,1,3-4H3,(H2,26,28)(H2,25,30,34)/b16-12+. The Morgan fingerprint density at radius 3 is 2.44 bits per heavy atom. The predicted octanol–water partition coefficient (Wildman–Crippen LogP) is 1.97. The molecule has 1 aliphatic rings. The minimum Gasteiger partial charge on any atom is -0.386 e. The molecule has 1 aromatic carbocycles. The molecule has 178 valence electrons. The molecule has 10 heteroatoms. The monoisotopic (exact) mass is 462 g/mol. The second-order valence-electron chi connectivity index (χ2n) is 8.49. The van der Waals surface area contributed by atoms with Gasteiger partial charge in [-0.15, -0.1) is 0 Å². The molecule has 1 saturated carbocycles. The number of carbonyl (C=O) groups excluding carboxylic acids is 2. The number of hydrogen-bond acceptors (Lipinski definition) is 4. The van der Waals surface area contributed by atoms with E-state index < -0.39 is 11.3 Å². The summed E-state index contributed by atoms with van der Waals surface area (Å²) in [6.45, 7) is 5.31. The van der Waals surface area contributed by atoms with Crippen molar-refractivity contribution in [3.8, 4) is 0 Å². The zero-order valence-electron chi connectivity index (χ0n) is 19.7. The molecule has 0 spiro atoms. The average Bonchev–Trinajstić information content (AvgIpc) is 3.25. The first-order valence-electron chi connectivity index (χ1n) is 10.9. The molecule has 4 N–H and O–H groups in total. The SMILES string of the molecule is C=NC(N)=N/C=C(\C)c1ccc(C2(C(N)=NC(=O)c3cnn(CC(=O)N(C)C)c3)CCC2)cc1. The van der Waals surface area contributed by atoms with Gasteiger partial charge in [-0.2, -0.15) is 10.1 Å². The van der Waals surface area contributed by atoms with Crippen molar-refractivity contribution in [3.05, 3.63) is 59.5 Å². The molecule has 3 rings (SSSR count). The Labute approximate surface area is 198 Å². The van der Waals surface area contributed by atoms with Crippen molar-refractivity contribution >= 4 is 35.9 Å². The third-order valence-electron chi connectivity index (χ3n) is 6.04. The minimum atomic E-state index is -0.478. The molecule has 1 aromatic heterocycles. The van der Waals surface area contributed by atoms with E-state index in [-0.39, 0.29) is 29.8 Å². The Bertz CT molecular complexity index is 1170. The molecule has 10 nitrogen and oxygen atoms in total. The van der Waals surface area contributed by atoms with Crippen molar-refractivity contribution in [1.82, 2.24) is 14.7 Å². The summed E-state index contributed by atoms with van der Waals surface area (Å²) in [6.07, 6.45) is 7.17. The Balaban J connectivity index is 1.78. The predicted molar refractivity (Wildman–Crippen MR) is 134 cm³/mol. The van der Waals surface area contributed by atoms with Gasteiger partial charge in [-0.3, -0.25) is 14.3 Å². The lowest BCUT2D eigenvalue weighted by Crippen LogP contribution is -2.47. The van der Waals surface area contributed by atoms with Crippen LogP contribution in [0, 0.1) is 0 Å². The molecule has 2 aromatic rings. The van der Waals surface area contributed by atoms with Gasteiger partial charge in [0, 0.05) is 26.5 Å². The van der Waals surface area contributed by atoms with Gasteiger partial charge in [0.1, 0.15) is 12.4 Å². The van der Waals surface area contributed by atoms with E-state index in [4.69, 9.17) is 11.5 Å². The lowest BCUT2D eigenvalue weighted by Gasteiger charge is -2.41.